The van der Waals surface area contributed by atoms with Crippen LogP contribution in [0.5, 0.6) is 0 Å². The van der Waals surface area contributed by atoms with E-state index in [-0.39, 0.29) is 23.1 Å². The van der Waals surface area contributed by atoms with Gasteiger partial charge in [0.2, 0.25) is 10.0 Å². The van der Waals surface area contributed by atoms with Crippen LogP contribution in [0.15, 0.2) is 53.7 Å². The summed E-state index contributed by atoms with van der Waals surface area (Å²) in [7, 11) is -3.63. The quantitative estimate of drug-likeness (QED) is 0.555. The summed E-state index contributed by atoms with van der Waals surface area (Å²) in [5, 5.41) is 0. The number of hydrogen-bond acceptors (Lipinski definition) is 5. The smallest absolute Gasteiger partial charge is 0.338 e. The molecule has 1 N–H and O–H groups in total. The van der Waals surface area contributed by atoms with Crippen molar-refractivity contribution in [3.8, 4) is 0 Å². The molecule has 1 fully saturated rings. The highest BCUT2D eigenvalue weighted by Gasteiger charge is 2.23. The molecular formula is C20H24N2O4S. The van der Waals surface area contributed by atoms with Gasteiger partial charge in [0.25, 0.3) is 0 Å². The first-order valence-corrected chi connectivity index (χ1v) is 10.7. The van der Waals surface area contributed by atoms with Crippen molar-refractivity contribution in [1.82, 2.24) is 9.71 Å². The largest absolute Gasteiger partial charge is 0.462 e. The zero-order valence-electron chi connectivity index (χ0n) is 15.1. The van der Waals surface area contributed by atoms with Gasteiger partial charge >= 0.3 is 5.97 Å². The highest BCUT2D eigenvalue weighted by atomic mass is 32.2. The van der Waals surface area contributed by atoms with Crippen molar-refractivity contribution in [1.29, 1.82) is 0 Å². The molecule has 0 aliphatic heterocycles. The Hall–Kier alpha value is -2.25. The van der Waals surface area contributed by atoms with Gasteiger partial charge in [0, 0.05) is 18.4 Å². The van der Waals surface area contributed by atoms with E-state index in [9.17, 15) is 13.2 Å². The molecule has 1 aliphatic rings. The molecule has 7 heteroatoms. The highest BCUT2D eigenvalue weighted by Crippen LogP contribution is 2.21. The number of nitrogens with one attached hydrogen (secondary N) is 1. The van der Waals surface area contributed by atoms with Crippen molar-refractivity contribution in [2.24, 2.45) is 0 Å². The van der Waals surface area contributed by atoms with Crippen molar-refractivity contribution in [3.05, 3.63) is 59.9 Å². The molecule has 3 rings (SSSR count). The monoisotopic (exact) mass is 388 g/mol. The second kappa shape index (κ2) is 9.10. The van der Waals surface area contributed by atoms with Crippen LogP contribution in [0.1, 0.15) is 48.0 Å². The summed E-state index contributed by atoms with van der Waals surface area (Å²) < 4.78 is 33.0. The Morgan fingerprint density at radius 3 is 2.74 bits per heavy atom. The highest BCUT2D eigenvalue weighted by molar-refractivity contribution is 7.89. The molecule has 1 heterocycles. The number of ether oxygens (including phenoxy) is 1. The van der Waals surface area contributed by atoms with E-state index in [4.69, 9.17) is 4.74 Å². The van der Waals surface area contributed by atoms with E-state index in [1.165, 1.54) is 12.1 Å². The van der Waals surface area contributed by atoms with Gasteiger partial charge in [-0.2, -0.15) is 0 Å². The minimum Gasteiger partial charge on any atom is -0.462 e. The van der Waals surface area contributed by atoms with Crippen molar-refractivity contribution in [2.75, 3.05) is 6.61 Å². The second-order valence-corrected chi connectivity index (χ2v) is 8.45. The van der Waals surface area contributed by atoms with Crippen LogP contribution in [0.3, 0.4) is 0 Å². The van der Waals surface area contributed by atoms with E-state index >= 15 is 0 Å². The van der Waals surface area contributed by atoms with Gasteiger partial charge in [-0.3, -0.25) is 4.98 Å². The van der Waals surface area contributed by atoms with Gasteiger partial charge in [0.15, 0.2) is 0 Å². The fraction of sp³-hybridized carbons (Fsp3) is 0.400. The summed E-state index contributed by atoms with van der Waals surface area (Å²) >= 11 is 0. The van der Waals surface area contributed by atoms with Crippen LogP contribution >= 0.6 is 0 Å². The number of sulfonamides is 1. The molecule has 0 spiro atoms. The standard InChI is InChI=1S/C20H24N2O4S/c23-20(26-13-5-7-16-6-4-12-21-15-16)17-8-3-11-19(14-17)27(24,25)22-18-9-1-2-10-18/h3-4,6,8,11-12,14-15,18,22H,1-2,5,7,9-10,13H2. The van der Waals surface area contributed by atoms with Crippen molar-refractivity contribution >= 4 is 16.0 Å². The predicted octanol–water partition coefficient (Wildman–Crippen LogP) is 3.09. The molecule has 0 atom stereocenters. The normalized spacial score (nSPS) is 15.0. The van der Waals surface area contributed by atoms with E-state index < -0.39 is 16.0 Å². The summed E-state index contributed by atoms with van der Waals surface area (Å²) in [6.45, 7) is 0.269. The maximum absolute atomic E-state index is 12.5. The number of carbonyl (C=O) groups is 1. The molecule has 1 aromatic carbocycles. The number of hydrogen-bond donors (Lipinski definition) is 1. The Morgan fingerprint density at radius 1 is 1.19 bits per heavy atom. The minimum absolute atomic E-state index is 0.0157. The first-order valence-electron chi connectivity index (χ1n) is 9.23. The molecule has 27 heavy (non-hydrogen) atoms. The van der Waals surface area contributed by atoms with Gasteiger partial charge in [-0.05, 0) is 55.5 Å². The summed E-state index contributed by atoms with van der Waals surface area (Å²) in [5.74, 6) is -0.515. The van der Waals surface area contributed by atoms with Crippen molar-refractivity contribution in [3.63, 3.8) is 0 Å². The third-order valence-corrected chi connectivity index (χ3v) is 6.14. The molecule has 0 radical (unpaired) electrons. The van der Waals surface area contributed by atoms with Crippen molar-refractivity contribution < 1.29 is 17.9 Å². The summed E-state index contributed by atoms with van der Waals surface area (Å²) in [5.41, 5.74) is 1.32. The summed E-state index contributed by atoms with van der Waals surface area (Å²) in [6.07, 6.45) is 8.74. The van der Waals surface area contributed by atoms with Crippen LogP contribution in [-0.2, 0) is 21.2 Å². The minimum atomic E-state index is -3.63. The Bertz CT molecular complexity index is 863. The molecular weight excluding hydrogens is 364 g/mol. The third-order valence-electron chi connectivity index (χ3n) is 4.62. The zero-order chi connectivity index (χ0) is 19.1. The number of rotatable bonds is 8. The Kier molecular flexibility index (Phi) is 6.58. The SMILES string of the molecule is O=C(OCCCc1cccnc1)c1cccc(S(=O)(=O)NC2CCCC2)c1. The maximum Gasteiger partial charge on any atom is 0.338 e. The van der Waals surface area contributed by atoms with Crippen LogP contribution < -0.4 is 4.72 Å². The molecule has 1 aliphatic carbocycles. The van der Waals surface area contributed by atoms with Crippen LogP contribution in [0.4, 0.5) is 0 Å². The number of pyridine rings is 1. The Labute approximate surface area is 160 Å². The van der Waals surface area contributed by atoms with Gasteiger partial charge in [0.1, 0.15) is 0 Å². The predicted molar refractivity (Wildman–Crippen MR) is 102 cm³/mol. The molecule has 1 aromatic heterocycles. The van der Waals surface area contributed by atoms with E-state index in [0.717, 1.165) is 37.7 Å². The molecule has 6 nitrogen and oxygen atoms in total. The number of carbonyl (C=O) groups excluding carboxylic acids is 1. The third kappa shape index (κ3) is 5.61. The van der Waals surface area contributed by atoms with Gasteiger partial charge in [0.05, 0.1) is 17.1 Å². The molecule has 2 aromatic rings. The lowest BCUT2D eigenvalue weighted by Crippen LogP contribution is -2.32. The lowest BCUT2D eigenvalue weighted by Gasteiger charge is -2.13. The average Bonchev–Trinajstić information content (AvgIpc) is 3.18. The number of aryl methyl sites for hydroxylation is 1. The van der Waals surface area contributed by atoms with Crippen LogP contribution in [-0.4, -0.2) is 32.0 Å². The fourth-order valence-corrected chi connectivity index (χ4v) is 4.54. The molecule has 0 unspecified atom stereocenters. The van der Waals surface area contributed by atoms with Gasteiger partial charge in [-0.1, -0.05) is 25.0 Å². The molecule has 0 bridgehead atoms. The molecule has 1 saturated carbocycles. The van der Waals surface area contributed by atoms with Crippen LogP contribution in [0.25, 0.3) is 0 Å². The summed E-state index contributed by atoms with van der Waals surface area (Å²) in [6, 6.07) is 9.83. The van der Waals surface area contributed by atoms with E-state index in [1.807, 2.05) is 12.1 Å². The first kappa shape index (κ1) is 19.5. The molecule has 144 valence electrons. The van der Waals surface area contributed by atoms with Gasteiger partial charge in [-0.25, -0.2) is 17.9 Å². The van der Waals surface area contributed by atoms with Gasteiger partial charge < -0.3 is 4.74 Å². The average molecular weight is 388 g/mol. The van der Waals surface area contributed by atoms with Crippen LogP contribution in [0, 0.1) is 0 Å². The summed E-state index contributed by atoms with van der Waals surface area (Å²) in [4.78, 5) is 16.4. The Morgan fingerprint density at radius 2 is 2.00 bits per heavy atom. The number of nitrogens with zero attached hydrogens (tertiary/aromatic N) is 1. The zero-order valence-corrected chi connectivity index (χ0v) is 16.0. The lowest BCUT2D eigenvalue weighted by atomic mass is 10.2. The van der Waals surface area contributed by atoms with E-state index in [1.54, 1.807) is 24.5 Å². The number of aromatic nitrogens is 1. The number of benzene rings is 1. The van der Waals surface area contributed by atoms with E-state index in [0.29, 0.717) is 6.42 Å². The molecule has 0 amide bonds. The molecule has 0 saturated heterocycles. The number of esters is 1. The fourth-order valence-electron chi connectivity index (χ4n) is 3.19. The van der Waals surface area contributed by atoms with E-state index in [2.05, 4.69) is 9.71 Å². The lowest BCUT2D eigenvalue weighted by molar-refractivity contribution is 0.0500. The topological polar surface area (TPSA) is 85.4 Å². The van der Waals surface area contributed by atoms with Crippen molar-refractivity contribution in [2.45, 2.75) is 49.5 Å². The second-order valence-electron chi connectivity index (χ2n) is 6.73. The van der Waals surface area contributed by atoms with Crippen LogP contribution in [0.2, 0.25) is 0 Å². The Balaban J connectivity index is 1.55. The maximum atomic E-state index is 12.5. The first-order chi connectivity index (χ1) is 13.0. The van der Waals surface area contributed by atoms with Gasteiger partial charge in [-0.15, -0.1) is 0 Å².